The fraction of sp³-hybridized carbons (Fsp3) is 0.476. The van der Waals surface area contributed by atoms with Crippen molar-refractivity contribution in [2.75, 3.05) is 26.2 Å². The third-order valence-corrected chi connectivity index (χ3v) is 7.86. The SMILES string of the molecule is Cc1nn(CCC#N)c(C)c1CCC(=O)N1CCN(S(=O)(=O)c2ccc(F)c(Cl)c2)CC1. The molecule has 1 aromatic heterocycles. The molecule has 0 saturated carbocycles. The molecule has 2 aromatic rings. The van der Waals surface area contributed by atoms with Gasteiger partial charge in [-0.25, -0.2) is 12.8 Å². The third kappa shape index (κ3) is 5.11. The zero-order valence-electron chi connectivity index (χ0n) is 18.0. The maximum atomic E-state index is 13.4. The van der Waals surface area contributed by atoms with Gasteiger partial charge in [0.25, 0.3) is 0 Å². The quantitative estimate of drug-likeness (QED) is 0.605. The third-order valence-electron chi connectivity index (χ3n) is 5.68. The highest BCUT2D eigenvalue weighted by Crippen LogP contribution is 2.23. The first-order chi connectivity index (χ1) is 15.1. The van der Waals surface area contributed by atoms with Gasteiger partial charge in [0.05, 0.1) is 34.6 Å². The zero-order valence-corrected chi connectivity index (χ0v) is 19.6. The molecule has 8 nitrogen and oxygen atoms in total. The smallest absolute Gasteiger partial charge is 0.243 e. The van der Waals surface area contributed by atoms with Crippen LogP contribution in [0.2, 0.25) is 5.02 Å². The molecule has 1 amide bonds. The van der Waals surface area contributed by atoms with E-state index in [4.69, 9.17) is 16.9 Å². The largest absolute Gasteiger partial charge is 0.340 e. The summed E-state index contributed by atoms with van der Waals surface area (Å²) in [7, 11) is -3.81. The van der Waals surface area contributed by atoms with Crippen LogP contribution >= 0.6 is 11.6 Å². The number of carbonyl (C=O) groups excluding carboxylic acids is 1. The predicted molar refractivity (Wildman–Crippen MR) is 117 cm³/mol. The molecule has 1 aliphatic rings. The van der Waals surface area contributed by atoms with Crippen molar-refractivity contribution in [1.82, 2.24) is 19.0 Å². The molecule has 2 heterocycles. The van der Waals surface area contributed by atoms with E-state index in [0.717, 1.165) is 29.1 Å². The van der Waals surface area contributed by atoms with Crippen molar-refractivity contribution in [3.05, 3.63) is 46.0 Å². The van der Waals surface area contributed by atoms with Gasteiger partial charge in [0, 0.05) is 38.3 Å². The van der Waals surface area contributed by atoms with Crippen LogP contribution in [0.25, 0.3) is 0 Å². The van der Waals surface area contributed by atoms with Gasteiger partial charge in [-0.2, -0.15) is 14.7 Å². The molecule has 1 aromatic carbocycles. The summed E-state index contributed by atoms with van der Waals surface area (Å²) in [5.74, 6) is -0.724. The highest BCUT2D eigenvalue weighted by Gasteiger charge is 2.30. The number of amides is 1. The summed E-state index contributed by atoms with van der Waals surface area (Å²) >= 11 is 5.73. The van der Waals surface area contributed by atoms with E-state index in [2.05, 4.69) is 11.2 Å². The Morgan fingerprint density at radius 3 is 2.56 bits per heavy atom. The molecule has 0 N–H and O–H groups in total. The maximum absolute atomic E-state index is 13.4. The van der Waals surface area contributed by atoms with Crippen LogP contribution in [0.3, 0.4) is 0 Å². The summed E-state index contributed by atoms with van der Waals surface area (Å²) in [6.45, 7) is 5.23. The standard InChI is InChI=1S/C21H25ClFN5O3S/c1-15-18(16(2)28(25-15)9-3-8-24)5-7-21(29)26-10-12-27(13-11-26)32(30,31)17-4-6-20(23)19(22)14-17/h4,6,14H,3,5,7,9-13H2,1-2H3. The lowest BCUT2D eigenvalue weighted by molar-refractivity contribution is -0.132. The fourth-order valence-corrected chi connectivity index (χ4v) is 5.52. The number of hydrogen-bond acceptors (Lipinski definition) is 5. The van der Waals surface area contributed by atoms with Crippen molar-refractivity contribution in [2.24, 2.45) is 0 Å². The number of aryl methyl sites for hydroxylation is 2. The van der Waals surface area contributed by atoms with Crippen LogP contribution in [-0.4, -0.2) is 59.5 Å². The average Bonchev–Trinajstić information content (AvgIpc) is 3.04. The number of halogens is 2. The zero-order chi connectivity index (χ0) is 23.5. The second kappa shape index (κ2) is 9.98. The normalized spacial score (nSPS) is 15.0. The van der Waals surface area contributed by atoms with Crippen molar-refractivity contribution in [2.45, 2.75) is 44.6 Å². The summed E-state index contributed by atoms with van der Waals surface area (Å²) in [6, 6.07) is 5.43. The minimum Gasteiger partial charge on any atom is -0.340 e. The van der Waals surface area contributed by atoms with Gasteiger partial charge >= 0.3 is 0 Å². The van der Waals surface area contributed by atoms with Crippen molar-refractivity contribution in [3.8, 4) is 6.07 Å². The van der Waals surface area contributed by atoms with Crippen LogP contribution in [0.15, 0.2) is 23.1 Å². The molecule has 0 aliphatic carbocycles. The Balaban J connectivity index is 1.57. The predicted octanol–water partition coefficient (Wildman–Crippen LogP) is 2.67. The summed E-state index contributed by atoms with van der Waals surface area (Å²) in [5.41, 5.74) is 2.81. The van der Waals surface area contributed by atoms with Crippen LogP contribution in [0, 0.1) is 31.0 Å². The Bertz CT molecular complexity index is 1150. The molecule has 11 heteroatoms. The van der Waals surface area contributed by atoms with Crippen molar-refractivity contribution >= 4 is 27.5 Å². The van der Waals surface area contributed by atoms with E-state index in [1.165, 1.54) is 10.4 Å². The first-order valence-corrected chi connectivity index (χ1v) is 12.1. The van der Waals surface area contributed by atoms with Crippen LogP contribution in [0.5, 0.6) is 0 Å². The van der Waals surface area contributed by atoms with Crippen LogP contribution in [0.1, 0.15) is 29.8 Å². The van der Waals surface area contributed by atoms with E-state index in [0.29, 0.717) is 25.8 Å². The number of benzene rings is 1. The van der Waals surface area contributed by atoms with Gasteiger partial charge < -0.3 is 4.90 Å². The first kappa shape index (κ1) is 24.2. The second-order valence-electron chi connectivity index (χ2n) is 7.64. The summed E-state index contributed by atoms with van der Waals surface area (Å²) < 4.78 is 42.1. The van der Waals surface area contributed by atoms with Gasteiger partial charge in [-0.3, -0.25) is 9.48 Å². The maximum Gasteiger partial charge on any atom is 0.243 e. The molecule has 1 saturated heterocycles. The molecule has 32 heavy (non-hydrogen) atoms. The van der Waals surface area contributed by atoms with Gasteiger partial charge in [-0.15, -0.1) is 0 Å². The molecule has 0 radical (unpaired) electrons. The summed E-state index contributed by atoms with van der Waals surface area (Å²) in [5, 5.41) is 13.0. The van der Waals surface area contributed by atoms with E-state index in [1.54, 1.807) is 9.58 Å². The monoisotopic (exact) mass is 481 g/mol. The number of piperazine rings is 1. The first-order valence-electron chi connectivity index (χ1n) is 10.3. The van der Waals surface area contributed by atoms with E-state index in [1.807, 2.05) is 13.8 Å². The Morgan fingerprint density at radius 1 is 1.25 bits per heavy atom. The minimum atomic E-state index is -3.81. The van der Waals surface area contributed by atoms with E-state index < -0.39 is 15.8 Å². The molecular weight excluding hydrogens is 457 g/mol. The Hall–Kier alpha value is -2.48. The molecule has 0 bridgehead atoms. The van der Waals surface area contributed by atoms with E-state index in [9.17, 15) is 17.6 Å². The van der Waals surface area contributed by atoms with Crippen molar-refractivity contribution in [3.63, 3.8) is 0 Å². The number of nitrogens with zero attached hydrogens (tertiary/aromatic N) is 5. The summed E-state index contributed by atoms with van der Waals surface area (Å²) in [4.78, 5) is 14.3. The number of carbonyl (C=O) groups is 1. The van der Waals surface area contributed by atoms with Crippen molar-refractivity contribution in [1.29, 1.82) is 5.26 Å². The fourth-order valence-electron chi connectivity index (χ4n) is 3.82. The lowest BCUT2D eigenvalue weighted by Crippen LogP contribution is -2.50. The minimum absolute atomic E-state index is 0.0459. The van der Waals surface area contributed by atoms with Crippen molar-refractivity contribution < 1.29 is 17.6 Å². The highest BCUT2D eigenvalue weighted by molar-refractivity contribution is 7.89. The van der Waals surface area contributed by atoms with E-state index >= 15 is 0 Å². The van der Waals surface area contributed by atoms with Crippen LogP contribution < -0.4 is 0 Å². The molecule has 1 fully saturated rings. The van der Waals surface area contributed by atoms with Crippen LogP contribution in [-0.2, 0) is 27.8 Å². The molecule has 3 rings (SSSR count). The average molecular weight is 482 g/mol. The number of nitriles is 1. The van der Waals surface area contributed by atoms with Crippen LogP contribution in [0.4, 0.5) is 4.39 Å². The van der Waals surface area contributed by atoms with Gasteiger partial charge in [-0.05, 0) is 44.0 Å². The topological polar surface area (TPSA) is 99.3 Å². The Kier molecular flexibility index (Phi) is 7.54. The molecular formula is C21H25ClFN5O3S. The lowest BCUT2D eigenvalue weighted by Gasteiger charge is -2.34. The number of aromatic nitrogens is 2. The lowest BCUT2D eigenvalue weighted by atomic mass is 10.1. The Morgan fingerprint density at radius 2 is 1.94 bits per heavy atom. The number of rotatable bonds is 7. The highest BCUT2D eigenvalue weighted by atomic mass is 35.5. The summed E-state index contributed by atoms with van der Waals surface area (Å²) in [6.07, 6.45) is 1.21. The second-order valence-corrected chi connectivity index (χ2v) is 9.99. The Labute approximate surface area is 192 Å². The molecule has 172 valence electrons. The molecule has 1 aliphatic heterocycles. The van der Waals surface area contributed by atoms with Gasteiger partial charge in [0.1, 0.15) is 5.82 Å². The molecule has 0 atom stereocenters. The molecule has 0 unspecified atom stereocenters. The number of sulfonamides is 1. The van der Waals surface area contributed by atoms with E-state index in [-0.39, 0.29) is 42.0 Å². The number of hydrogen-bond donors (Lipinski definition) is 0. The molecule has 0 spiro atoms. The van der Waals surface area contributed by atoms with Gasteiger partial charge in [0.2, 0.25) is 15.9 Å². The van der Waals surface area contributed by atoms with Gasteiger partial charge in [0.15, 0.2) is 0 Å². The van der Waals surface area contributed by atoms with Gasteiger partial charge in [-0.1, -0.05) is 11.6 Å².